The Balaban J connectivity index is 1.70. The molecule has 0 saturated heterocycles. The third-order valence-corrected chi connectivity index (χ3v) is 6.68. The maximum Gasteiger partial charge on any atom is 0.296 e. The number of benzene rings is 2. The molecule has 4 aromatic rings. The fourth-order valence-electron chi connectivity index (χ4n) is 4.79. The summed E-state index contributed by atoms with van der Waals surface area (Å²) in [5, 5.41) is 0.444. The number of aryl methyl sites for hydroxylation is 2. The molecule has 0 fully saturated rings. The number of hydrogen-bond donors (Lipinski definition) is 0. The van der Waals surface area contributed by atoms with Crippen LogP contribution in [0.3, 0.4) is 0 Å². The molecule has 0 spiro atoms. The summed E-state index contributed by atoms with van der Waals surface area (Å²) < 4.78 is 18.1. The van der Waals surface area contributed by atoms with Gasteiger partial charge in [0.15, 0.2) is 16.9 Å². The molecule has 196 valence electrons. The average Bonchev–Trinajstić information content (AvgIpc) is 3.18. The summed E-state index contributed by atoms with van der Waals surface area (Å²) in [7, 11) is 0. The number of carbonyl (C=O) groups excluding carboxylic acids is 1. The van der Waals surface area contributed by atoms with Gasteiger partial charge in [0.25, 0.3) is 5.91 Å². The molecule has 0 aliphatic carbocycles. The minimum absolute atomic E-state index is 0.0369. The van der Waals surface area contributed by atoms with E-state index in [9.17, 15) is 9.59 Å². The van der Waals surface area contributed by atoms with E-state index in [-0.39, 0.29) is 11.2 Å². The number of nitrogens with zero attached hydrogens (tertiary/aromatic N) is 2. The van der Waals surface area contributed by atoms with Gasteiger partial charge in [-0.15, -0.1) is 0 Å². The van der Waals surface area contributed by atoms with Gasteiger partial charge in [-0.25, -0.2) is 4.98 Å². The molecule has 1 unspecified atom stereocenters. The van der Waals surface area contributed by atoms with E-state index in [1.54, 1.807) is 23.1 Å². The first kappa shape index (κ1) is 25.5. The number of pyridine rings is 1. The molecule has 0 saturated carbocycles. The number of fused-ring (bicyclic) bond motifs is 2. The fraction of sp³-hybridized carbons (Fsp3) is 0.323. The van der Waals surface area contributed by atoms with Gasteiger partial charge in [-0.1, -0.05) is 37.6 Å². The highest BCUT2D eigenvalue weighted by molar-refractivity contribution is 6.10. The van der Waals surface area contributed by atoms with Gasteiger partial charge in [0.1, 0.15) is 11.4 Å². The van der Waals surface area contributed by atoms with Crippen molar-refractivity contribution >= 4 is 22.7 Å². The first-order valence-corrected chi connectivity index (χ1v) is 13.0. The number of amides is 1. The molecule has 0 bridgehead atoms. The predicted octanol–water partition coefficient (Wildman–Crippen LogP) is 6.38. The van der Waals surface area contributed by atoms with E-state index < -0.39 is 11.9 Å². The van der Waals surface area contributed by atoms with Crippen molar-refractivity contribution in [3.05, 3.63) is 93.0 Å². The summed E-state index contributed by atoms with van der Waals surface area (Å²) in [6.07, 6.45) is 0.915. The SMILES string of the molecule is CCOc1cc(C2c3c(oc4ccc(C)cc4c3=O)C(=O)N2c2cccc(C)n2)ccc1OCCC(C)C. The first-order chi connectivity index (χ1) is 18.3. The zero-order chi connectivity index (χ0) is 27.0. The van der Waals surface area contributed by atoms with Crippen molar-refractivity contribution in [2.45, 2.75) is 47.1 Å². The van der Waals surface area contributed by atoms with E-state index in [2.05, 4.69) is 18.8 Å². The Labute approximate surface area is 222 Å². The van der Waals surface area contributed by atoms with Crippen molar-refractivity contribution in [1.29, 1.82) is 0 Å². The smallest absolute Gasteiger partial charge is 0.296 e. The van der Waals surface area contributed by atoms with Crippen LogP contribution in [-0.4, -0.2) is 24.1 Å². The number of rotatable bonds is 8. The minimum atomic E-state index is -0.739. The van der Waals surface area contributed by atoms with Gasteiger partial charge in [-0.2, -0.15) is 0 Å². The van der Waals surface area contributed by atoms with Crippen molar-refractivity contribution in [2.75, 3.05) is 18.1 Å². The van der Waals surface area contributed by atoms with Crippen LogP contribution in [0.2, 0.25) is 0 Å². The van der Waals surface area contributed by atoms with Crippen LogP contribution in [0.4, 0.5) is 5.82 Å². The van der Waals surface area contributed by atoms with Gasteiger partial charge in [0.2, 0.25) is 5.76 Å². The standard InChI is InChI=1S/C31H32N2O5/c1-6-36-25-17-21(11-13-24(25)37-15-14-18(2)3)28-27-29(34)22-16-19(4)10-12-23(22)38-30(27)31(35)33(28)26-9-7-8-20(5)32-26/h7-13,16-18,28H,6,14-15H2,1-5H3. The Bertz CT molecular complexity index is 1570. The van der Waals surface area contributed by atoms with Crippen molar-refractivity contribution in [3.8, 4) is 11.5 Å². The second-order valence-electron chi connectivity index (χ2n) is 10.1. The van der Waals surface area contributed by atoms with Crippen molar-refractivity contribution < 1.29 is 18.7 Å². The van der Waals surface area contributed by atoms with E-state index in [0.717, 1.165) is 17.7 Å². The summed E-state index contributed by atoms with van der Waals surface area (Å²) in [6.45, 7) is 11.0. The lowest BCUT2D eigenvalue weighted by Gasteiger charge is -2.25. The summed E-state index contributed by atoms with van der Waals surface area (Å²) in [5.74, 6) is 1.78. The van der Waals surface area contributed by atoms with Crippen molar-refractivity contribution in [3.63, 3.8) is 0 Å². The normalized spacial score (nSPS) is 14.8. The van der Waals surface area contributed by atoms with Gasteiger partial charge in [-0.3, -0.25) is 14.5 Å². The van der Waals surface area contributed by atoms with E-state index in [4.69, 9.17) is 13.9 Å². The number of hydrogen-bond acceptors (Lipinski definition) is 6. The fourth-order valence-corrected chi connectivity index (χ4v) is 4.79. The Hall–Kier alpha value is -4.13. The summed E-state index contributed by atoms with van der Waals surface area (Å²) in [4.78, 5) is 33.9. The Morgan fingerprint density at radius 1 is 1.00 bits per heavy atom. The summed E-state index contributed by atoms with van der Waals surface area (Å²) >= 11 is 0. The lowest BCUT2D eigenvalue weighted by Crippen LogP contribution is -2.30. The van der Waals surface area contributed by atoms with Gasteiger partial charge in [-0.05, 0) is 75.1 Å². The van der Waals surface area contributed by atoms with E-state index in [1.807, 2.05) is 57.2 Å². The second kappa shape index (κ2) is 10.3. The van der Waals surface area contributed by atoms with Crippen LogP contribution in [0.1, 0.15) is 66.2 Å². The highest BCUT2D eigenvalue weighted by atomic mass is 16.5. The summed E-state index contributed by atoms with van der Waals surface area (Å²) in [5.41, 5.74) is 2.85. The van der Waals surface area contributed by atoms with Gasteiger partial charge in [0.05, 0.1) is 30.2 Å². The number of ether oxygens (including phenoxy) is 2. The Morgan fingerprint density at radius 3 is 2.55 bits per heavy atom. The topological polar surface area (TPSA) is 81.9 Å². The maximum atomic E-state index is 13.9. The highest BCUT2D eigenvalue weighted by Crippen LogP contribution is 2.43. The molecule has 0 radical (unpaired) electrons. The Morgan fingerprint density at radius 2 is 1.82 bits per heavy atom. The largest absolute Gasteiger partial charge is 0.490 e. The minimum Gasteiger partial charge on any atom is -0.490 e. The molecular weight excluding hydrogens is 480 g/mol. The van der Waals surface area contributed by atoms with Crippen molar-refractivity contribution in [2.24, 2.45) is 5.92 Å². The monoisotopic (exact) mass is 512 g/mol. The first-order valence-electron chi connectivity index (χ1n) is 13.0. The molecular formula is C31H32N2O5. The molecule has 5 rings (SSSR count). The predicted molar refractivity (Wildman–Crippen MR) is 147 cm³/mol. The van der Waals surface area contributed by atoms with Gasteiger partial charge in [0, 0.05) is 5.69 Å². The third-order valence-electron chi connectivity index (χ3n) is 6.68. The van der Waals surface area contributed by atoms with Crippen LogP contribution < -0.4 is 19.8 Å². The second-order valence-corrected chi connectivity index (χ2v) is 10.1. The maximum absolute atomic E-state index is 13.9. The lowest BCUT2D eigenvalue weighted by molar-refractivity contribution is 0.0970. The zero-order valence-electron chi connectivity index (χ0n) is 22.4. The summed E-state index contributed by atoms with van der Waals surface area (Å²) in [6, 6.07) is 15.7. The molecule has 2 aromatic heterocycles. The molecule has 38 heavy (non-hydrogen) atoms. The van der Waals surface area contributed by atoms with Crippen LogP contribution in [0.5, 0.6) is 11.5 Å². The number of anilines is 1. The van der Waals surface area contributed by atoms with Crippen LogP contribution in [-0.2, 0) is 0 Å². The number of aromatic nitrogens is 1. The van der Waals surface area contributed by atoms with E-state index >= 15 is 0 Å². The molecule has 1 aliphatic heterocycles. The third kappa shape index (κ3) is 4.64. The molecule has 7 nitrogen and oxygen atoms in total. The average molecular weight is 513 g/mol. The molecule has 1 aliphatic rings. The molecule has 1 atom stereocenters. The van der Waals surface area contributed by atoms with Crippen LogP contribution in [0, 0.1) is 19.8 Å². The van der Waals surface area contributed by atoms with Crippen molar-refractivity contribution in [1.82, 2.24) is 4.98 Å². The van der Waals surface area contributed by atoms with Gasteiger partial charge >= 0.3 is 0 Å². The molecule has 0 N–H and O–H groups in total. The Kier molecular flexibility index (Phi) is 6.93. The zero-order valence-corrected chi connectivity index (χ0v) is 22.4. The van der Waals surface area contributed by atoms with Crippen LogP contribution in [0.25, 0.3) is 11.0 Å². The molecule has 1 amide bonds. The van der Waals surface area contributed by atoms with Gasteiger partial charge < -0.3 is 13.9 Å². The molecule has 7 heteroatoms. The highest BCUT2D eigenvalue weighted by Gasteiger charge is 2.44. The number of carbonyl (C=O) groups is 1. The lowest BCUT2D eigenvalue weighted by atomic mass is 9.97. The van der Waals surface area contributed by atoms with E-state index in [1.165, 1.54) is 0 Å². The van der Waals surface area contributed by atoms with Crippen LogP contribution in [0.15, 0.2) is 63.8 Å². The van der Waals surface area contributed by atoms with E-state index in [0.29, 0.717) is 58.5 Å². The molecule has 3 heterocycles. The molecule has 2 aromatic carbocycles. The van der Waals surface area contributed by atoms with Crippen LogP contribution >= 0.6 is 0 Å². The quantitative estimate of drug-likeness (QED) is 0.273.